The van der Waals surface area contributed by atoms with E-state index in [0.717, 1.165) is 10.9 Å². The zero-order valence-electron chi connectivity index (χ0n) is 5.25. The average molecular weight is 239 g/mol. The molecule has 1 nitrogen and oxygen atoms in total. The van der Waals surface area contributed by atoms with Crippen LogP contribution in [0.5, 0.6) is 5.75 Å². The van der Waals surface area contributed by atoms with Crippen LogP contribution in [-0.4, -0.2) is 5.11 Å². The SMILES string of the molecule is Oc1cccc(CBr)c1.[Cr]. The summed E-state index contributed by atoms with van der Waals surface area (Å²) in [4.78, 5) is 0. The van der Waals surface area contributed by atoms with E-state index in [1.807, 2.05) is 12.1 Å². The van der Waals surface area contributed by atoms with Gasteiger partial charge in [0.05, 0.1) is 0 Å². The van der Waals surface area contributed by atoms with Crippen LogP contribution in [0.4, 0.5) is 0 Å². The first-order valence-corrected chi connectivity index (χ1v) is 3.79. The summed E-state index contributed by atoms with van der Waals surface area (Å²) >= 11 is 3.28. The maximum atomic E-state index is 8.92. The Morgan fingerprint density at radius 2 is 2.10 bits per heavy atom. The van der Waals surface area contributed by atoms with E-state index in [-0.39, 0.29) is 17.4 Å². The quantitative estimate of drug-likeness (QED) is 0.745. The molecule has 10 heavy (non-hydrogen) atoms. The van der Waals surface area contributed by atoms with E-state index in [2.05, 4.69) is 15.9 Å². The van der Waals surface area contributed by atoms with Crippen molar-refractivity contribution in [1.29, 1.82) is 0 Å². The van der Waals surface area contributed by atoms with E-state index < -0.39 is 0 Å². The number of halogens is 1. The molecule has 0 spiro atoms. The Hall–Kier alpha value is 0.0325. The average Bonchev–Trinajstić information content (AvgIpc) is 1.88. The smallest absolute Gasteiger partial charge is 0.115 e. The molecule has 0 aliphatic rings. The van der Waals surface area contributed by atoms with Gasteiger partial charge in [0.15, 0.2) is 0 Å². The van der Waals surface area contributed by atoms with E-state index in [1.54, 1.807) is 12.1 Å². The predicted molar refractivity (Wildman–Crippen MR) is 40.7 cm³/mol. The first-order valence-electron chi connectivity index (χ1n) is 2.67. The number of hydrogen-bond acceptors (Lipinski definition) is 1. The number of aromatic hydroxyl groups is 1. The minimum Gasteiger partial charge on any atom is -0.508 e. The molecular weight excluding hydrogens is 232 g/mol. The van der Waals surface area contributed by atoms with Gasteiger partial charge in [-0.05, 0) is 17.7 Å². The molecular formula is C7H7BrCrO. The van der Waals surface area contributed by atoms with Gasteiger partial charge in [-0.2, -0.15) is 0 Å². The largest absolute Gasteiger partial charge is 0.508 e. The van der Waals surface area contributed by atoms with E-state index in [0.29, 0.717) is 5.75 Å². The topological polar surface area (TPSA) is 20.2 Å². The normalized spacial score (nSPS) is 8.50. The van der Waals surface area contributed by atoms with Crippen LogP contribution in [-0.2, 0) is 22.7 Å². The van der Waals surface area contributed by atoms with Crippen molar-refractivity contribution in [2.24, 2.45) is 0 Å². The number of phenolic OH excluding ortho intramolecular Hbond substituents is 1. The fraction of sp³-hybridized carbons (Fsp3) is 0.143. The molecule has 1 rings (SSSR count). The molecule has 0 saturated carbocycles. The number of alkyl halides is 1. The van der Waals surface area contributed by atoms with Crippen molar-refractivity contribution in [3.05, 3.63) is 29.8 Å². The van der Waals surface area contributed by atoms with Crippen molar-refractivity contribution >= 4 is 15.9 Å². The molecule has 1 aromatic rings. The van der Waals surface area contributed by atoms with Gasteiger partial charge in [-0.3, -0.25) is 0 Å². The molecule has 0 aromatic heterocycles. The predicted octanol–water partition coefficient (Wildman–Crippen LogP) is 2.28. The molecule has 0 bridgehead atoms. The first-order chi connectivity index (χ1) is 4.33. The minimum absolute atomic E-state index is 0. The maximum absolute atomic E-state index is 8.92. The Morgan fingerprint density at radius 3 is 2.50 bits per heavy atom. The molecule has 0 amide bonds. The van der Waals surface area contributed by atoms with Gasteiger partial charge in [-0.15, -0.1) is 0 Å². The molecule has 0 radical (unpaired) electrons. The molecule has 1 aromatic carbocycles. The van der Waals surface area contributed by atoms with Crippen LogP contribution >= 0.6 is 15.9 Å². The zero-order valence-corrected chi connectivity index (χ0v) is 8.11. The van der Waals surface area contributed by atoms with E-state index in [1.165, 1.54) is 0 Å². The zero-order chi connectivity index (χ0) is 6.69. The summed E-state index contributed by atoms with van der Waals surface area (Å²) in [5.41, 5.74) is 1.09. The molecule has 0 unspecified atom stereocenters. The van der Waals surface area contributed by atoms with Crippen molar-refractivity contribution < 1.29 is 22.5 Å². The van der Waals surface area contributed by atoms with Crippen molar-refractivity contribution in [3.63, 3.8) is 0 Å². The van der Waals surface area contributed by atoms with Crippen LogP contribution in [0.15, 0.2) is 24.3 Å². The van der Waals surface area contributed by atoms with E-state index in [4.69, 9.17) is 5.11 Å². The molecule has 0 saturated heterocycles. The van der Waals surface area contributed by atoms with E-state index >= 15 is 0 Å². The van der Waals surface area contributed by atoms with Gasteiger partial charge in [0.25, 0.3) is 0 Å². The van der Waals surface area contributed by atoms with Crippen molar-refractivity contribution in [3.8, 4) is 5.75 Å². The van der Waals surface area contributed by atoms with Gasteiger partial charge < -0.3 is 5.11 Å². The van der Waals surface area contributed by atoms with Gasteiger partial charge in [-0.1, -0.05) is 28.1 Å². The molecule has 1 N–H and O–H groups in total. The second-order valence-corrected chi connectivity index (χ2v) is 2.36. The van der Waals surface area contributed by atoms with E-state index in [9.17, 15) is 0 Å². The Kier molecular flexibility index (Phi) is 4.80. The fourth-order valence-electron chi connectivity index (χ4n) is 0.640. The summed E-state index contributed by atoms with van der Waals surface area (Å²) in [5, 5.41) is 9.72. The third-order valence-electron chi connectivity index (χ3n) is 1.06. The number of benzene rings is 1. The summed E-state index contributed by atoms with van der Waals surface area (Å²) in [6.45, 7) is 0. The van der Waals surface area contributed by atoms with Crippen molar-refractivity contribution in [1.82, 2.24) is 0 Å². The number of phenols is 1. The second kappa shape index (κ2) is 4.79. The first kappa shape index (κ1) is 10.0. The third kappa shape index (κ3) is 2.74. The maximum Gasteiger partial charge on any atom is 0.115 e. The summed E-state index contributed by atoms with van der Waals surface area (Å²) in [7, 11) is 0. The van der Waals surface area contributed by atoms with Gasteiger partial charge in [-0.25, -0.2) is 0 Å². The summed E-state index contributed by atoms with van der Waals surface area (Å²) < 4.78 is 0. The third-order valence-corrected chi connectivity index (χ3v) is 1.71. The molecule has 0 heterocycles. The standard InChI is InChI=1S/C7H7BrO.Cr/c8-5-6-2-1-3-7(9)4-6;/h1-4,9H,5H2;. The molecule has 0 fully saturated rings. The van der Waals surface area contributed by atoms with Gasteiger partial charge >= 0.3 is 0 Å². The molecule has 0 aliphatic heterocycles. The Balaban J connectivity index is 0.000000810. The van der Waals surface area contributed by atoms with Gasteiger partial charge in [0.2, 0.25) is 0 Å². The molecule has 3 heteroatoms. The summed E-state index contributed by atoms with van der Waals surface area (Å²) in [6.07, 6.45) is 0. The Bertz CT molecular complexity index is 203. The molecule has 54 valence electrons. The Labute approximate surface area is 79.3 Å². The van der Waals surface area contributed by atoms with Crippen molar-refractivity contribution in [2.75, 3.05) is 0 Å². The molecule has 0 aliphatic carbocycles. The van der Waals surface area contributed by atoms with Crippen LogP contribution in [0.2, 0.25) is 0 Å². The minimum atomic E-state index is 0. The number of rotatable bonds is 1. The van der Waals surface area contributed by atoms with Gasteiger partial charge in [0.1, 0.15) is 5.75 Å². The van der Waals surface area contributed by atoms with Gasteiger partial charge in [0, 0.05) is 22.7 Å². The van der Waals surface area contributed by atoms with Crippen LogP contribution in [0.25, 0.3) is 0 Å². The molecule has 0 atom stereocenters. The summed E-state index contributed by atoms with van der Waals surface area (Å²) in [6, 6.07) is 7.17. The van der Waals surface area contributed by atoms with Crippen LogP contribution < -0.4 is 0 Å². The van der Waals surface area contributed by atoms with Crippen LogP contribution in [0.1, 0.15) is 5.56 Å². The van der Waals surface area contributed by atoms with Crippen LogP contribution in [0, 0.1) is 0 Å². The Morgan fingerprint density at radius 1 is 1.40 bits per heavy atom. The second-order valence-electron chi connectivity index (χ2n) is 1.80. The van der Waals surface area contributed by atoms with Crippen molar-refractivity contribution in [2.45, 2.75) is 5.33 Å². The number of hydrogen-bond donors (Lipinski definition) is 1. The summed E-state index contributed by atoms with van der Waals surface area (Å²) in [5.74, 6) is 0.326. The monoisotopic (exact) mass is 238 g/mol. The van der Waals surface area contributed by atoms with Crippen LogP contribution in [0.3, 0.4) is 0 Å². The fourth-order valence-corrected chi connectivity index (χ4v) is 0.988.